The van der Waals surface area contributed by atoms with E-state index in [4.69, 9.17) is 6.42 Å². The summed E-state index contributed by atoms with van der Waals surface area (Å²) in [5.41, 5.74) is 0. The number of hydrogen-bond acceptors (Lipinski definition) is 3. The van der Waals surface area contributed by atoms with Gasteiger partial charge in [0.05, 0.1) is 0 Å². The number of hydrogen-bond donors (Lipinski definition) is 1. The topological polar surface area (TPSA) is 35.6 Å². The Bertz CT molecular complexity index is 285. The first-order valence-corrected chi connectivity index (χ1v) is 5.97. The molecule has 0 atom stereocenters. The molecule has 2 rings (SSSR count). The van der Waals surface area contributed by atoms with Crippen molar-refractivity contribution in [3.63, 3.8) is 0 Å². The number of piperazine rings is 1. The van der Waals surface area contributed by atoms with Crippen molar-refractivity contribution in [2.24, 2.45) is 0 Å². The summed E-state index contributed by atoms with van der Waals surface area (Å²) in [6.07, 6.45) is 6.22. The molecule has 0 spiro atoms. The maximum Gasteiger partial charge on any atom is 0.223 e. The molecular weight excluding hydrogens is 202 g/mol. The monoisotopic (exact) mass is 221 g/mol. The van der Waals surface area contributed by atoms with E-state index in [0.717, 1.165) is 39.3 Å². The number of terminal acetylenes is 1. The van der Waals surface area contributed by atoms with E-state index in [9.17, 15) is 4.79 Å². The predicted octanol–water partition coefficient (Wildman–Crippen LogP) is -0.484. The minimum Gasteiger partial charge on any atom is -0.340 e. The molecule has 88 valence electrons. The molecule has 2 saturated heterocycles. The number of nitrogens with zero attached hydrogens (tertiary/aromatic N) is 2. The van der Waals surface area contributed by atoms with Crippen molar-refractivity contribution < 1.29 is 4.79 Å². The van der Waals surface area contributed by atoms with Crippen LogP contribution in [0.3, 0.4) is 0 Å². The van der Waals surface area contributed by atoms with Gasteiger partial charge in [0.15, 0.2) is 0 Å². The van der Waals surface area contributed by atoms with E-state index in [1.54, 1.807) is 0 Å². The summed E-state index contributed by atoms with van der Waals surface area (Å²) in [5, 5.41) is 3.28. The highest BCUT2D eigenvalue weighted by Crippen LogP contribution is 2.10. The molecular formula is C12H19N3O. The van der Waals surface area contributed by atoms with Gasteiger partial charge in [-0.2, -0.15) is 0 Å². The third-order valence-corrected chi connectivity index (χ3v) is 3.43. The van der Waals surface area contributed by atoms with Crippen LogP contribution >= 0.6 is 0 Å². The highest BCUT2D eigenvalue weighted by Gasteiger charge is 2.28. The Morgan fingerprint density at radius 2 is 2.00 bits per heavy atom. The molecule has 0 aliphatic carbocycles. The predicted molar refractivity (Wildman–Crippen MR) is 62.9 cm³/mol. The van der Waals surface area contributed by atoms with Crippen molar-refractivity contribution in [2.45, 2.75) is 18.9 Å². The van der Waals surface area contributed by atoms with Crippen molar-refractivity contribution in [1.29, 1.82) is 0 Å². The Balaban J connectivity index is 1.72. The third-order valence-electron chi connectivity index (χ3n) is 3.43. The van der Waals surface area contributed by atoms with Gasteiger partial charge in [0.25, 0.3) is 0 Å². The lowest BCUT2D eigenvalue weighted by molar-refractivity contribution is -0.133. The smallest absolute Gasteiger partial charge is 0.223 e. The molecule has 0 aromatic heterocycles. The molecule has 2 aliphatic heterocycles. The zero-order valence-corrected chi connectivity index (χ0v) is 9.61. The first-order valence-electron chi connectivity index (χ1n) is 5.97. The van der Waals surface area contributed by atoms with Gasteiger partial charge in [0, 0.05) is 58.2 Å². The van der Waals surface area contributed by atoms with Crippen LogP contribution in [-0.4, -0.2) is 61.0 Å². The normalized spacial score (nSPS) is 22.6. The van der Waals surface area contributed by atoms with Gasteiger partial charge in [-0.3, -0.25) is 9.69 Å². The standard InChI is InChI=1S/C12H19N3O/c1-2-3-4-12(16)15-7-5-14(6-8-15)11-9-13-10-11/h1,11,13H,3-10H2. The van der Waals surface area contributed by atoms with Gasteiger partial charge >= 0.3 is 0 Å². The van der Waals surface area contributed by atoms with Gasteiger partial charge in [0.1, 0.15) is 0 Å². The number of rotatable bonds is 3. The molecule has 0 aromatic rings. The van der Waals surface area contributed by atoms with Crippen molar-refractivity contribution in [3.8, 4) is 12.3 Å². The molecule has 0 radical (unpaired) electrons. The fourth-order valence-corrected chi connectivity index (χ4v) is 2.21. The lowest BCUT2D eigenvalue weighted by atomic mass is 10.1. The molecule has 4 nitrogen and oxygen atoms in total. The lowest BCUT2D eigenvalue weighted by Crippen LogP contribution is -2.62. The Morgan fingerprint density at radius 3 is 2.50 bits per heavy atom. The average Bonchev–Trinajstić information content (AvgIpc) is 2.24. The van der Waals surface area contributed by atoms with Gasteiger partial charge in [-0.15, -0.1) is 12.3 Å². The van der Waals surface area contributed by atoms with Crippen LogP contribution in [0, 0.1) is 12.3 Å². The van der Waals surface area contributed by atoms with E-state index in [-0.39, 0.29) is 5.91 Å². The Hall–Kier alpha value is -1.05. The molecule has 2 fully saturated rings. The molecule has 0 bridgehead atoms. The number of carbonyl (C=O) groups is 1. The summed E-state index contributed by atoms with van der Waals surface area (Å²) >= 11 is 0. The minimum atomic E-state index is 0.212. The van der Waals surface area contributed by atoms with Crippen LogP contribution < -0.4 is 5.32 Å². The maximum absolute atomic E-state index is 11.7. The first kappa shape index (κ1) is 11.4. The summed E-state index contributed by atoms with van der Waals surface area (Å²) in [5.74, 6) is 2.73. The zero-order chi connectivity index (χ0) is 11.4. The molecule has 1 N–H and O–H groups in total. The van der Waals surface area contributed by atoms with Gasteiger partial charge in [-0.1, -0.05) is 0 Å². The minimum absolute atomic E-state index is 0.212. The van der Waals surface area contributed by atoms with E-state index < -0.39 is 0 Å². The van der Waals surface area contributed by atoms with Crippen molar-refractivity contribution in [3.05, 3.63) is 0 Å². The average molecular weight is 221 g/mol. The van der Waals surface area contributed by atoms with Crippen LogP contribution in [0.4, 0.5) is 0 Å². The summed E-state index contributed by atoms with van der Waals surface area (Å²) in [4.78, 5) is 16.1. The molecule has 0 aromatic carbocycles. The Morgan fingerprint density at radius 1 is 1.31 bits per heavy atom. The molecule has 0 saturated carbocycles. The van der Waals surface area contributed by atoms with E-state index in [1.165, 1.54) is 0 Å². The van der Waals surface area contributed by atoms with E-state index in [1.807, 2.05) is 4.90 Å². The van der Waals surface area contributed by atoms with Gasteiger partial charge < -0.3 is 10.2 Å². The first-order chi connectivity index (χ1) is 7.81. The van der Waals surface area contributed by atoms with Gasteiger partial charge in [0.2, 0.25) is 5.91 Å². The maximum atomic E-state index is 11.7. The SMILES string of the molecule is C#CCCC(=O)N1CCN(C2CNC2)CC1. The fraction of sp³-hybridized carbons (Fsp3) is 0.750. The summed E-state index contributed by atoms with van der Waals surface area (Å²) < 4.78 is 0. The lowest BCUT2D eigenvalue weighted by Gasteiger charge is -2.43. The van der Waals surface area contributed by atoms with E-state index in [0.29, 0.717) is 18.9 Å². The quantitative estimate of drug-likeness (QED) is 0.654. The largest absolute Gasteiger partial charge is 0.340 e. The number of amides is 1. The fourth-order valence-electron chi connectivity index (χ4n) is 2.21. The summed E-state index contributed by atoms with van der Waals surface area (Å²) in [7, 11) is 0. The van der Waals surface area contributed by atoms with Gasteiger partial charge in [-0.05, 0) is 0 Å². The Labute approximate surface area is 97.0 Å². The zero-order valence-electron chi connectivity index (χ0n) is 9.61. The number of carbonyl (C=O) groups excluding carboxylic acids is 1. The number of nitrogens with one attached hydrogen (secondary N) is 1. The third kappa shape index (κ3) is 2.55. The molecule has 1 amide bonds. The molecule has 4 heteroatoms. The highest BCUT2D eigenvalue weighted by atomic mass is 16.2. The second-order valence-corrected chi connectivity index (χ2v) is 4.43. The second-order valence-electron chi connectivity index (χ2n) is 4.43. The van der Waals surface area contributed by atoms with Crippen LogP contribution in [0.1, 0.15) is 12.8 Å². The van der Waals surface area contributed by atoms with Crippen molar-refractivity contribution in [2.75, 3.05) is 39.3 Å². The summed E-state index contributed by atoms with van der Waals surface area (Å²) in [6, 6.07) is 0.697. The van der Waals surface area contributed by atoms with E-state index >= 15 is 0 Å². The van der Waals surface area contributed by atoms with Crippen molar-refractivity contribution in [1.82, 2.24) is 15.1 Å². The molecule has 2 heterocycles. The van der Waals surface area contributed by atoms with Gasteiger partial charge in [-0.25, -0.2) is 0 Å². The van der Waals surface area contributed by atoms with E-state index in [2.05, 4.69) is 16.1 Å². The molecule has 2 aliphatic rings. The summed E-state index contributed by atoms with van der Waals surface area (Å²) in [6.45, 7) is 5.94. The van der Waals surface area contributed by atoms with Crippen LogP contribution in [-0.2, 0) is 4.79 Å². The van der Waals surface area contributed by atoms with Crippen LogP contribution in [0.5, 0.6) is 0 Å². The van der Waals surface area contributed by atoms with Crippen LogP contribution in [0.2, 0.25) is 0 Å². The highest BCUT2D eigenvalue weighted by molar-refractivity contribution is 5.76. The molecule has 0 unspecified atom stereocenters. The Kier molecular flexibility index (Phi) is 3.81. The van der Waals surface area contributed by atoms with Crippen LogP contribution in [0.25, 0.3) is 0 Å². The second kappa shape index (κ2) is 5.33. The van der Waals surface area contributed by atoms with Crippen molar-refractivity contribution >= 4 is 5.91 Å². The van der Waals surface area contributed by atoms with Crippen LogP contribution in [0.15, 0.2) is 0 Å². The molecule has 16 heavy (non-hydrogen) atoms.